The second-order valence-corrected chi connectivity index (χ2v) is 7.30. The van der Waals surface area contributed by atoms with E-state index < -0.39 is 10.0 Å². The van der Waals surface area contributed by atoms with Gasteiger partial charge in [0.15, 0.2) is 11.5 Å². The van der Waals surface area contributed by atoms with E-state index in [0.29, 0.717) is 28.5 Å². The molecule has 1 aliphatic carbocycles. The number of anilines is 1. The lowest BCUT2D eigenvalue weighted by Crippen LogP contribution is -2.14. The third kappa shape index (κ3) is 3.04. The molecule has 0 amide bonds. The SMILES string of the molecule is CCS(=O)(=O)Nc1ccc(C(=O)c2cnoc2C2CC2)cc1. The van der Waals surface area contributed by atoms with Crippen LogP contribution in [-0.2, 0) is 10.0 Å². The lowest BCUT2D eigenvalue weighted by atomic mass is 10.0. The highest BCUT2D eigenvalue weighted by Gasteiger charge is 2.32. The van der Waals surface area contributed by atoms with Crippen LogP contribution < -0.4 is 4.72 Å². The molecule has 1 saturated carbocycles. The van der Waals surface area contributed by atoms with Crippen molar-refractivity contribution in [2.45, 2.75) is 25.7 Å². The molecule has 116 valence electrons. The Hall–Kier alpha value is -2.15. The summed E-state index contributed by atoms with van der Waals surface area (Å²) < 4.78 is 30.6. The summed E-state index contributed by atoms with van der Waals surface area (Å²) in [6, 6.07) is 6.34. The van der Waals surface area contributed by atoms with Gasteiger partial charge in [-0.05, 0) is 44.0 Å². The number of ketones is 1. The zero-order chi connectivity index (χ0) is 15.7. The summed E-state index contributed by atoms with van der Waals surface area (Å²) in [6.07, 6.45) is 3.49. The second-order valence-electron chi connectivity index (χ2n) is 5.29. The van der Waals surface area contributed by atoms with Gasteiger partial charge in [-0.25, -0.2) is 8.42 Å². The van der Waals surface area contributed by atoms with Crippen molar-refractivity contribution < 1.29 is 17.7 Å². The molecule has 1 N–H and O–H groups in total. The monoisotopic (exact) mass is 320 g/mol. The Balaban J connectivity index is 1.80. The van der Waals surface area contributed by atoms with Gasteiger partial charge < -0.3 is 4.52 Å². The molecule has 22 heavy (non-hydrogen) atoms. The van der Waals surface area contributed by atoms with Gasteiger partial charge in [-0.1, -0.05) is 5.16 Å². The number of nitrogens with zero attached hydrogens (tertiary/aromatic N) is 1. The molecule has 1 fully saturated rings. The molecule has 0 spiro atoms. The molecule has 0 bridgehead atoms. The quantitative estimate of drug-likeness (QED) is 0.826. The predicted molar refractivity (Wildman–Crippen MR) is 81.4 cm³/mol. The highest BCUT2D eigenvalue weighted by molar-refractivity contribution is 7.92. The van der Waals surface area contributed by atoms with E-state index in [-0.39, 0.29) is 11.5 Å². The van der Waals surface area contributed by atoms with Crippen LogP contribution in [0.5, 0.6) is 0 Å². The number of carbonyl (C=O) groups excluding carboxylic acids is 1. The predicted octanol–water partition coefficient (Wildman–Crippen LogP) is 2.54. The number of nitrogens with one attached hydrogen (secondary N) is 1. The zero-order valence-corrected chi connectivity index (χ0v) is 12.9. The first-order valence-corrected chi connectivity index (χ1v) is 8.75. The maximum atomic E-state index is 12.5. The summed E-state index contributed by atoms with van der Waals surface area (Å²) in [5, 5.41) is 3.72. The molecule has 2 aromatic rings. The number of hydrogen-bond acceptors (Lipinski definition) is 5. The van der Waals surface area contributed by atoms with Crippen LogP contribution in [0.15, 0.2) is 35.0 Å². The summed E-state index contributed by atoms with van der Waals surface area (Å²) in [6.45, 7) is 1.56. The number of carbonyl (C=O) groups is 1. The van der Waals surface area contributed by atoms with Crippen LogP contribution in [0.3, 0.4) is 0 Å². The fraction of sp³-hybridized carbons (Fsp3) is 0.333. The molecule has 3 rings (SSSR count). The van der Waals surface area contributed by atoms with Crippen LogP contribution in [0.4, 0.5) is 5.69 Å². The van der Waals surface area contributed by atoms with Crippen molar-refractivity contribution in [3.8, 4) is 0 Å². The molecule has 1 heterocycles. The minimum absolute atomic E-state index is 0.000874. The van der Waals surface area contributed by atoms with Gasteiger partial charge in [0.25, 0.3) is 0 Å². The van der Waals surface area contributed by atoms with Gasteiger partial charge in [0.2, 0.25) is 10.0 Å². The van der Waals surface area contributed by atoms with Crippen molar-refractivity contribution >= 4 is 21.5 Å². The fourth-order valence-corrected chi connectivity index (χ4v) is 2.80. The normalized spacial score (nSPS) is 14.8. The van der Waals surface area contributed by atoms with E-state index in [1.165, 1.54) is 6.20 Å². The number of sulfonamides is 1. The Morgan fingerprint density at radius 1 is 1.32 bits per heavy atom. The lowest BCUT2D eigenvalue weighted by Gasteiger charge is -2.06. The van der Waals surface area contributed by atoms with E-state index in [4.69, 9.17) is 4.52 Å². The maximum Gasteiger partial charge on any atom is 0.232 e. The average Bonchev–Trinajstić information content (AvgIpc) is 3.24. The first-order chi connectivity index (χ1) is 10.5. The summed E-state index contributed by atoms with van der Waals surface area (Å²) in [4.78, 5) is 12.5. The highest BCUT2D eigenvalue weighted by Crippen LogP contribution is 2.42. The number of aromatic nitrogens is 1. The van der Waals surface area contributed by atoms with Crippen LogP contribution in [0.25, 0.3) is 0 Å². The number of rotatable bonds is 6. The molecule has 0 radical (unpaired) electrons. The van der Waals surface area contributed by atoms with E-state index in [1.807, 2.05) is 0 Å². The fourth-order valence-electron chi connectivity index (χ4n) is 2.16. The Kier molecular flexibility index (Phi) is 3.74. The minimum atomic E-state index is -3.32. The summed E-state index contributed by atoms with van der Waals surface area (Å²) in [7, 11) is -3.32. The molecular weight excluding hydrogens is 304 g/mol. The highest BCUT2D eigenvalue weighted by atomic mass is 32.2. The van der Waals surface area contributed by atoms with E-state index in [1.54, 1.807) is 31.2 Å². The molecule has 0 unspecified atom stereocenters. The van der Waals surface area contributed by atoms with Crippen molar-refractivity contribution in [1.82, 2.24) is 5.16 Å². The number of benzene rings is 1. The van der Waals surface area contributed by atoms with Gasteiger partial charge in [0.1, 0.15) is 0 Å². The molecule has 1 aromatic carbocycles. The zero-order valence-electron chi connectivity index (χ0n) is 12.1. The Bertz CT molecular complexity index is 789. The van der Waals surface area contributed by atoms with E-state index in [0.717, 1.165) is 12.8 Å². The summed E-state index contributed by atoms with van der Waals surface area (Å²) in [5.74, 6) is 0.796. The van der Waals surface area contributed by atoms with Crippen LogP contribution in [-0.4, -0.2) is 25.1 Å². The molecule has 0 atom stereocenters. The molecule has 0 aliphatic heterocycles. The molecule has 7 heteroatoms. The molecule has 1 aromatic heterocycles. The van der Waals surface area contributed by atoms with Crippen LogP contribution >= 0.6 is 0 Å². The van der Waals surface area contributed by atoms with Gasteiger partial charge in [-0.2, -0.15) is 0 Å². The van der Waals surface area contributed by atoms with Crippen LogP contribution in [0, 0.1) is 0 Å². The molecule has 0 saturated heterocycles. The Labute approximate surface area is 128 Å². The lowest BCUT2D eigenvalue weighted by molar-refractivity contribution is 0.103. The minimum Gasteiger partial charge on any atom is -0.360 e. The first-order valence-electron chi connectivity index (χ1n) is 7.10. The third-order valence-corrected chi connectivity index (χ3v) is 4.90. The molecular formula is C15H16N2O4S. The summed E-state index contributed by atoms with van der Waals surface area (Å²) in [5.41, 5.74) is 1.40. The largest absolute Gasteiger partial charge is 0.360 e. The van der Waals surface area contributed by atoms with E-state index in [9.17, 15) is 13.2 Å². The van der Waals surface area contributed by atoms with Gasteiger partial charge in [-0.15, -0.1) is 0 Å². The van der Waals surface area contributed by atoms with Crippen molar-refractivity contribution in [2.24, 2.45) is 0 Å². The van der Waals surface area contributed by atoms with Crippen molar-refractivity contribution in [1.29, 1.82) is 0 Å². The van der Waals surface area contributed by atoms with Crippen LogP contribution in [0.2, 0.25) is 0 Å². The van der Waals surface area contributed by atoms with Gasteiger partial charge >= 0.3 is 0 Å². The smallest absolute Gasteiger partial charge is 0.232 e. The van der Waals surface area contributed by atoms with Crippen molar-refractivity contribution in [3.63, 3.8) is 0 Å². The standard InChI is InChI=1S/C15H16N2O4S/c1-2-22(19,20)17-12-7-5-10(6-8-12)14(18)13-9-16-21-15(13)11-3-4-11/h5-9,11,17H,2-4H2,1H3. The van der Waals surface area contributed by atoms with E-state index in [2.05, 4.69) is 9.88 Å². The molecule has 6 nitrogen and oxygen atoms in total. The van der Waals surface area contributed by atoms with E-state index >= 15 is 0 Å². The Morgan fingerprint density at radius 2 is 2.00 bits per heavy atom. The van der Waals surface area contributed by atoms with Crippen molar-refractivity contribution in [2.75, 3.05) is 10.5 Å². The van der Waals surface area contributed by atoms with Gasteiger partial charge in [-0.3, -0.25) is 9.52 Å². The van der Waals surface area contributed by atoms with Crippen molar-refractivity contribution in [3.05, 3.63) is 47.3 Å². The van der Waals surface area contributed by atoms with Gasteiger partial charge in [0, 0.05) is 17.2 Å². The average molecular weight is 320 g/mol. The Morgan fingerprint density at radius 3 is 2.59 bits per heavy atom. The molecule has 1 aliphatic rings. The summed E-state index contributed by atoms with van der Waals surface area (Å²) >= 11 is 0. The maximum absolute atomic E-state index is 12.5. The van der Waals surface area contributed by atoms with Crippen LogP contribution in [0.1, 0.15) is 47.4 Å². The second kappa shape index (κ2) is 5.57. The third-order valence-electron chi connectivity index (χ3n) is 3.59. The first kappa shape index (κ1) is 14.8. The topological polar surface area (TPSA) is 89.3 Å². The van der Waals surface area contributed by atoms with Gasteiger partial charge in [0.05, 0.1) is 17.5 Å². The number of hydrogen-bond donors (Lipinski definition) is 1.